The molecule has 2 atom stereocenters. The highest BCUT2D eigenvalue weighted by atomic mass is 32.2. The molecule has 0 aromatic carbocycles. The summed E-state index contributed by atoms with van der Waals surface area (Å²) in [5.74, 6) is 0.245. The molecule has 4 nitrogen and oxygen atoms in total. The van der Waals surface area contributed by atoms with Gasteiger partial charge in [0.05, 0.1) is 0 Å². The van der Waals surface area contributed by atoms with Crippen LogP contribution in [0.1, 0.15) is 20.3 Å². The van der Waals surface area contributed by atoms with Crippen molar-refractivity contribution >= 4 is 16.7 Å². The maximum atomic E-state index is 11.3. The molecule has 1 amide bonds. The van der Waals surface area contributed by atoms with Crippen LogP contribution in [0.15, 0.2) is 0 Å². The van der Waals surface area contributed by atoms with Gasteiger partial charge in [0.15, 0.2) is 0 Å². The number of carbonyl (C=O) groups is 1. The highest BCUT2D eigenvalue weighted by Crippen LogP contribution is 1.95. The molecular formula is C8H18N2O2S. The first kappa shape index (κ1) is 12.6. The van der Waals surface area contributed by atoms with E-state index in [4.69, 9.17) is 5.73 Å². The van der Waals surface area contributed by atoms with Gasteiger partial charge in [-0.05, 0) is 13.3 Å². The molecule has 0 aliphatic carbocycles. The van der Waals surface area contributed by atoms with Crippen LogP contribution in [0.4, 0.5) is 0 Å². The van der Waals surface area contributed by atoms with Crippen LogP contribution in [0.25, 0.3) is 0 Å². The molecule has 0 spiro atoms. The molecule has 78 valence electrons. The average Bonchev–Trinajstić information content (AvgIpc) is 2.13. The Balaban J connectivity index is 3.87. The van der Waals surface area contributed by atoms with Crippen molar-refractivity contribution < 1.29 is 9.00 Å². The summed E-state index contributed by atoms with van der Waals surface area (Å²) in [6, 6.07) is 0. The third-order valence-corrected chi connectivity index (χ3v) is 3.27. The molecule has 0 saturated heterocycles. The van der Waals surface area contributed by atoms with E-state index in [0.29, 0.717) is 18.8 Å². The Morgan fingerprint density at radius 2 is 2.23 bits per heavy atom. The minimum absolute atomic E-state index is 0.145. The maximum Gasteiger partial charge on any atom is 0.235 e. The highest BCUT2D eigenvalue weighted by molar-refractivity contribution is 7.86. The summed E-state index contributed by atoms with van der Waals surface area (Å²) in [5.41, 5.74) is 5.24. The van der Waals surface area contributed by atoms with Crippen LogP contribution in [0.3, 0.4) is 0 Å². The molecule has 0 rings (SSSR count). The Hall–Kier alpha value is -0.420. The van der Waals surface area contributed by atoms with E-state index in [-0.39, 0.29) is 5.91 Å². The molecule has 0 bridgehead atoms. The second-order valence-electron chi connectivity index (χ2n) is 2.81. The Morgan fingerprint density at radius 1 is 1.62 bits per heavy atom. The van der Waals surface area contributed by atoms with Gasteiger partial charge in [-0.1, -0.05) is 6.92 Å². The van der Waals surface area contributed by atoms with E-state index in [1.54, 1.807) is 6.92 Å². The molecule has 0 aliphatic rings. The first-order chi connectivity index (χ1) is 6.13. The summed E-state index contributed by atoms with van der Waals surface area (Å²) in [6.45, 7) is 4.64. The lowest BCUT2D eigenvalue weighted by atomic mass is 10.4. The van der Waals surface area contributed by atoms with Crippen LogP contribution in [-0.2, 0) is 15.6 Å². The average molecular weight is 206 g/mol. The topological polar surface area (TPSA) is 72.2 Å². The van der Waals surface area contributed by atoms with Crippen molar-refractivity contribution in [1.82, 2.24) is 5.32 Å². The maximum absolute atomic E-state index is 11.3. The Bertz CT molecular complexity index is 185. The fraction of sp³-hybridized carbons (Fsp3) is 0.875. The lowest BCUT2D eigenvalue weighted by Gasteiger charge is -2.10. The van der Waals surface area contributed by atoms with Crippen LogP contribution in [0.5, 0.6) is 0 Å². The van der Waals surface area contributed by atoms with Crippen LogP contribution < -0.4 is 11.1 Å². The van der Waals surface area contributed by atoms with Gasteiger partial charge in [0.2, 0.25) is 5.91 Å². The first-order valence-electron chi connectivity index (χ1n) is 4.48. The number of hydrogen-bond donors (Lipinski definition) is 2. The van der Waals surface area contributed by atoms with E-state index in [0.717, 1.165) is 6.42 Å². The third-order valence-electron chi connectivity index (χ3n) is 1.63. The highest BCUT2D eigenvalue weighted by Gasteiger charge is 2.18. The normalized spacial score (nSPS) is 15.0. The monoisotopic (exact) mass is 206 g/mol. The van der Waals surface area contributed by atoms with Crippen molar-refractivity contribution in [2.45, 2.75) is 25.5 Å². The third kappa shape index (κ3) is 5.00. The van der Waals surface area contributed by atoms with Crippen molar-refractivity contribution in [2.75, 3.05) is 18.8 Å². The van der Waals surface area contributed by atoms with Gasteiger partial charge in [0, 0.05) is 29.6 Å². The van der Waals surface area contributed by atoms with E-state index < -0.39 is 16.0 Å². The van der Waals surface area contributed by atoms with E-state index >= 15 is 0 Å². The van der Waals surface area contributed by atoms with Crippen molar-refractivity contribution in [2.24, 2.45) is 5.73 Å². The van der Waals surface area contributed by atoms with E-state index in [9.17, 15) is 9.00 Å². The predicted octanol–water partition coefficient (Wildman–Crippen LogP) is -0.391. The van der Waals surface area contributed by atoms with Gasteiger partial charge in [0.1, 0.15) is 5.25 Å². The Kier molecular flexibility index (Phi) is 6.80. The zero-order valence-electron chi connectivity index (χ0n) is 8.21. The fourth-order valence-electron chi connectivity index (χ4n) is 0.804. The first-order valence-corrected chi connectivity index (χ1v) is 5.86. The van der Waals surface area contributed by atoms with Gasteiger partial charge in [-0.3, -0.25) is 9.00 Å². The lowest BCUT2D eigenvalue weighted by molar-refractivity contribution is -0.120. The minimum Gasteiger partial charge on any atom is -0.355 e. The molecule has 3 N–H and O–H groups in total. The van der Waals surface area contributed by atoms with E-state index in [1.165, 1.54) is 0 Å². The molecular weight excluding hydrogens is 188 g/mol. The summed E-state index contributed by atoms with van der Waals surface area (Å²) in [6.07, 6.45) is 0.891. The van der Waals surface area contributed by atoms with E-state index in [2.05, 4.69) is 5.32 Å². The quantitative estimate of drug-likeness (QED) is 0.621. The van der Waals surface area contributed by atoms with Gasteiger partial charge < -0.3 is 11.1 Å². The van der Waals surface area contributed by atoms with Crippen molar-refractivity contribution in [1.29, 1.82) is 0 Å². The summed E-state index contributed by atoms with van der Waals surface area (Å²) in [4.78, 5) is 11.3. The second-order valence-corrected chi connectivity index (χ2v) is 4.68. The standard InChI is InChI=1S/C8H18N2O2S/c1-3-5-10-8(11)7(2)13(12)6-4-9/h7H,3-6,9H2,1-2H3,(H,10,11). The van der Waals surface area contributed by atoms with Crippen LogP contribution in [-0.4, -0.2) is 34.2 Å². The number of nitrogens with one attached hydrogen (secondary N) is 1. The van der Waals surface area contributed by atoms with Crippen molar-refractivity contribution in [3.63, 3.8) is 0 Å². The molecule has 5 heteroatoms. The number of carbonyl (C=O) groups excluding carboxylic acids is 1. The van der Waals surface area contributed by atoms with Gasteiger partial charge in [0.25, 0.3) is 0 Å². The molecule has 0 fully saturated rings. The van der Waals surface area contributed by atoms with Gasteiger partial charge in [-0.15, -0.1) is 0 Å². The summed E-state index contributed by atoms with van der Waals surface area (Å²) in [5, 5.41) is 2.25. The van der Waals surface area contributed by atoms with Crippen molar-refractivity contribution in [3.05, 3.63) is 0 Å². The number of amides is 1. The largest absolute Gasteiger partial charge is 0.355 e. The minimum atomic E-state index is -1.14. The molecule has 13 heavy (non-hydrogen) atoms. The zero-order chi connectivity index (χ0) is 10.3. The molecule has 0 radical (unpaired) electrons. The van der Waals surface area contributed by atoms with E-state index in [1.807, 2.05) is 6.92 Å². The lowest BCUT2D eigenvalue weighted by Crippen LogP contribution is -2.37. The second kappa shape index (κ2) is 7.03. The van der Waals surface area contributed by atoms with Gasteiger partial charge >= 0.3 is 0 Å². The molecule has 0 heterocycles. The van der Waals surface area contributed by atoms with Gasteiger partial charge in [-0.25, -0.2) is 0 Å². The summed E-state index contributed by atoms with van der Waals surface area (Å²) in [7, 11) is -1.14. The smallest absolute Gasteiger partial charge is 0.235 e. The fourth-order valence-corrected chi connectivity index (χ4v) is 1.71. The van der Waals surface area contributed by atoms with Crippen LogP contribution in [0.2, 0.25) is 0 Å². The van der Waals surface area contributed by atoms with Crippen LogP contribution >= 0.6 is 0 Å². The van der Waals surface area contributed by atoms with Crippen molar-refractivity contribution in [3.8, 4) is 0 Å². The molecule has 0 aromatic rings. The molecule has 0 aromatic heterocycles. The Morgan fingerprint density at radius 3 is 2.69 bits per heavy atom. The number of rotatable bonds is 6. The summed E-state index contributed by atoms with van der Waals surface area (Å²) >= 11 is 0. The zero-order valence-corrected chi connectivity index (χ0v) is 9.02. The number of hydrogen-bond acceptors (Lipinski definition) is 3. The molecule has 0 saturated carbocycles. The van der Waals surface area contributed by atoms with Gasteiger partial charge in [-0.2, -0.15) is 0 Å². The Labute approximate surface area is 81.7 Å². The summed E-state index contributed by atoms with van der Waals surface area (Å²) < 4.78 is 11.3. The number of nitrogens with two attached hydrogens (primary N) is 1. The predicted molar refractivity (Wildman–Crippen MR) is 54.8 cm³/mol. The SMILES string of the molecule is CCCNC(=O)C(C)S(=O)CCN. The molecule has 0 aliphatic heterocycles. The molecule has 2 unspecified atom stereocenters. The van der Waals surface area contributed by atoms with Crippen LogP contribution in [0, 0.1) is 0 Å².